The van der Waals surface area contributed by atoms with Gasteiger partial charge in [0.05, 0.1) is 0 Å². The number of allylic oxidation sites excluding steroid dienone is 1. The maximum absolute atomic E-state index is 10.5. The van der Waals surface area contributed by atoms with Crippen molar-refractivity contribution in [1.82, 2.24) is 0 Å². The quantitative estimate of drug-likeness (QED) is 0.687. The summed E-state index contributed by atoms with van der Waals surface area (Å²) in [7, 11) is 0. The molecule has 0 aliphatic heterocycles. The molecule has 1 unspecified atom stereocenters. The summed E-state index contributed by atoms with van der Waals surface area (Å²) in [6.07, 6.45) is 4.21. The molecule has 0 fully saturated rings. The molecule has 11 heavy (non-hydrogen) atoms. The van der Waals surface area contributed by atoms with Gasteiger partial charge < -0.3 is 5.11 Å². The number of alkyl halides is 1. The van der Waals surface area contributed by atoms with E-state index in [9.17, 15) is 4.79 Å². The second kappa shape index (κ2) is 2.97. The minimum Gasteiger partial charge on any atom is -0.478 e. The SMILES string of the molecule is CC1(Br)CC=C(C(=O)O)CC1. The van der Waals surface area contributed by atoms with E-state index in [4.69, 9.17) is 5.11 Å². The Morgan fingerprint density at radius 1 is 1.82 bits per heavy atom. The molecule has 1 N–H and O–H groups in total. The van der Waals surface area contributed by atoms with Gasteiger partial charge in [-0.2, -0.15) is 0 Å². The molecular formula is C8H11BrO2. The Hall–Kier alpha value is -0.310. The predicted molar refractivity (Wildman–Crippen MR) is 46.9 cm³/mol. The first-order valence-corrected chi connectivity index (χ1v) is 4.42. The predicted octanol–water partition coefficient (Wildman–Crippen LogP) is 2.33. The molecule has 0 aromatic heterocycles. The number of hydrogen-bond acceptors (Lipinski definition) is 1. The van der Waals surface area contributed by atoms with Crippen molar-refractivity contribution in [3.8, 4) is 0 Å². The van der Waals surface area contributed by atoms with Crippen LogP contribution in [0.2, 0.25) is 0 Å². The van der Waals surface area contributed by atoms with E-state index in [1.165, 1.54) is 0 Å². The van der Waals surface area contributed by atoms with E-state index < -0.39 is 5.97 Å². The van der Waals surface area contributed by atoms with Crippen LogP contribution in [0, 0.1) is 0 Å². The van der Waals surface area contributed by atoms with Crippen LogP contribution in [0.15, 0.2) is 11.6 Å². The monoisotopic (exact) mass is 218 g/mol. The molecule has 0 spiro atoms. The van der Waals surface area contributed by atoms with Crippen LogP contribution in [0.5, 0.6) is 0 Å². The lowest BCUT2D eigenvalue weighted by molar-refractivity contribution is -0.132. The largest absolute Gasteiger partial charge is 0.478 e. The lowest BCUT2D eigenvalue weighted by Crippen LogP contribution is -2.20. The second-order valence-corrected chi connectivity index (χ2v) is 5.07. The van der Waals surface area contributed by atoms with Crippen LogP contribution in [0.25, 0.3) is 0 Å². The van der Waals surface area contributed by atoms with Gasteiger partial charge in [-0.1, -0.05) is 22.0 Å². The fraction of sp³-hybridized carbons (Fsp3) is 0.625. The summed E-state index contributed by atoms with van der Waals surface area (Å²) >= 11 is 3.53. The molecule has 0 heterocycles. The molecule has 1 aliphatic rings. The van der Waals surface area contributed by atoms with Gasteiger partial charge in [-0.05, 0) is 26.2 Å². The highest BCUT2D eigenvalue weighted by Gasteiger charge is 2.25. The van der Waals surface area contributed by atoms with Crippen molar-refractivity contribution in [3.05, 3.63) is 11.6 Å². The first-order chi connectivity index (χ1) is 5.01. The molecule has 0 aromatic carbocycles. The van der Waals surface area contributed by atoms with E-state index in [2.05, 4.69) is 22.9 Å². The molecule has 1 rings (SSSR count). The lowest BCUT2D eigenvalue weighted by atomic mass is 9.91. The molecule has 62 valence electrons. The van der Waals surface area contributed by atoms with Crippen molar-refractivity contribution in [2.45, 2.75) is 30.5 Å². The first-order valence-electron chi connectivity index (χ1n) is 3.62. The summed E-state index contributed by atoms with van der Waals surface area (Å²) in [5.41, 5.74) is 0.557. The molecule has 0 saturated carbocycles. The fourth-order valence-corrected chi connectivity index (χ4v) is 1.49. The van der Waals surface area contributed by atoms with Crippen molar-refractivity contribution in [1.29, 1.82) is 0 Å². The Morgan fingerprint density at radius 3 is 2.82 bits per heavy atom. The Kier molecular flexibility index (Phi) is 2.37. The highest BCUT2D eigenvalue weighted by Crippen LogP contribution is 2.34. The van der Waals surface area contributed by atoms with Gasteiger partial charge in [0.25, 0.3) is 0 Å². The van der Waals surface area contributed by atoms with Gasteiger partial charge in [-0.15, -0.1) is 0 Å². The summed E-state index contributed by atoms with van der Waals surface area (Å²) in [5.74, 6) is -0.770. The summed E-state index contributed by atoms with van der Waals surface area (Å²) in [5, 5.41) is 8.62. The van der Waals surface area contributed by atoms with E-state index >= 15 is 0 Å². The summed E-state index contributed by atoms with van der Waals surface area (Å²) < 4.78 is 0.117. The molecule has 1 aliphatic carbocycles. The number of halogens is 1. The topological polar surface area (TPSA) is 37.3 Å². The van der Waals surface area contributed by atoms with Gasteiger partial charge in [0.1, 0.15) is 0 Å². The summed E-state index contributed by atoms with van der Waals surface area (Å²) in [6, 6.07) is 0. The van der Waals surface area contributed by atoms with Crippen LogP contribution in [0.3, 0.4) is 0 Å². The summed E-state index contributed by atoms with van der Waals surface area (Å²) in [4.78, 5) is 10.5. The van der Waals surface area contributed by atoms with E-state index in [0.717, 1.165) is 12.8 Å². The third-order valence-electron chi connectivity index (χ3n) is 1.96. The molecule has 0 amide bonds. The molecule has 2 nitrogen and oxygen atoms in total. The Bertz CT molecular complexity index is 206. The van der Waals surface area contributed by atoms with Crippen LogP contribution < -0.4 is 0 Å². The Labute approximate surface area is 74.4 Å². The van der Waals surface area contributed by atoms with E-state index in [-0.39, 0.29) is 4.32 Å². The van der Waals surface area contributed by atoms with E-state index in [0.29, 0.717) is 12.0 Å². The van der Waals surface area contributed by atoms with Crippen LogP contribution in [0.1, 0.15) is 26.2 Å². The minimum atomic E-state index is -0.770. The molecule has 0 radical (unpaired) electrons. The third-order valence-corrected chi connectivity index (χ3v) is 2.68. The van der Waals surface area contributed by atoms with Crippen molar-refractivity contribution >= 4 is 21.9 Å². The second-order valence-electron chi connectivity index (χ2n) is 3.15. The molecule has 0 aromatic rings. The van der Waals surface area contributed by atoms with Gasteiger partial charge >= 0.3 is 5.97 Å². The molecule has 0 bridgehead atoms. The normalized spacial score (nSPS) is 31.3. The maximum atomic E-state index is 10.5. The highest BCUT2D eigenvalue weighted by molar-refractivity contribution is 9.10. The maximum Gasteiger partial charge on any atom is 0.331 e. The number of aliphatic carboxylic acids is 1. The standard InChI is InChI=1S/C8H11BrO2/c1-8(9)4-2-6(3-5-8)7(10)11/h2H,3-5H2,1H3,(H,10,11). The van der Waals surface area contributed by atoms with Crippen molar-refractivity contribution in [2.24, 2.45) is 0 Å². The first kappa shape index (κ1) is 8.78. The zero-order valence-electron chi connectivity index (χ0n) is 6.43. The number of rotatable bonds is 1. The molecule has 3 heteroatoms. The average molecular weight is 219 g/mol. The fourth-order valence-electron chi connectivity index (χ4n) is 1.13. The number of carbonyl (C=O) groups is 1. The van der Waals surface area contributed by atoms with E-state index in [1.54, 1.807) is 6.08 Å². The van der Waals surface area contributed by atoms with Crippen molar-refractivity contribution in [3.63, 3.8) is 0 Å². The van der Waals surface area contributed by atoms with Gasteiger partial charge in [-0.3, -0.25) is 0 Å². The van der Waals surface area contributed by atoms with Gasteiger partial charge in [-0.25, -0.2) is 4.79 Å². The molecule has 0 saturated heterocycles. The van der Waals surface area contributed by atoms with Crippen LogP contribution >= 0.6 is 15.9 Å². The number of hydrogen-bond donors (Lipinski definition) is 1. The smallest absolute Gasteiger partial charge is 0.331 e. The minimum absolute atomic E-state index is 0.117. The Morgan fingerprint density at radius 2 is 2.45 bits per heavy atom. The number of carboxylic acids is 1. The third kappa shape index (κ3) is 2.33. The zero-order chi connectivity index (χ0) is 8.48. The van der Waals surface area contributed by atoms with Gasteiger partial charge in [0.2, 0.25) is 0 Å². The van der Waals surface area contributed by atoms with Gasteiger partial charge in [0, 0.05) is 9.90 Å². The van der Waals surface area contributed by atoms with Crippen LogP contribution in [-0.4, -0.2) is 15.4 Å². The van der Waals surface area contributed by atoms with Crippen LogP contribution in [-0.2, 0) is 4.79 Å². The van der Waals surface area contributed by atoms with Crippen molar-refractivity contribution in [2.75, 3.05) is 0 Å². The average Bonchev–Trinajstić information content (AvgIpc) is 1.86. The molecular weight excluding hydrogens is 208 g/mol. The van der Waals surface area contributed by atoms with Crippen LogP contribution in [0.4, 0.5) is 0 Å². The zero-order valence-corrected chi connectivity index (χ0v) is 8.02. The highest BCUT2D eigenvalue weighted by atomic mass is 79.9. The molecule has 1 atom stereocenters. The van der Waals surface area contributed by atoms with E-state index in [1.807, 2.05) is 0 Å². The Balaban J connectivity index is 2.65. The lowest BCUT2D eigenvalue weighted by Gasteiger charge is -2.25. The summed E-state index contributed by atoms with van der Waals surface area (Å²) in [6.45, 7) is 2.09. The van der Waals surface area contributed by atoms with Gasteiger partial charge in [0.15, 0.2) is 0 Å². The number of carboxylic acid groups (broad SMARTS) is 1. The van der Waals surface area contributed by atoms with Crippen molar-refractivity contribution < 1.29 is 9.90 Å².